The van der Waals surface area contributed by atoms with Crippen LogP contribution in [0.25, 0.3) is 6.08 Å². The van der Waals surface area contributed by atoms with Crippen LogP contribution in [-0.4, -0.2) is 76.5 Å². The number of carbonyl (C=O) groups excluding carboxylic acids is 2. The number of carboxylic acid groups (broad SMARTS) is 1. The zero-order valence-corrected chi connectivity index (χ0v) is 17.3. The number of fused-ring (bicyclic) bond motifs is 1. The molecule has 160 valence electrons. The van der Waals surface area contributed by atoms with Crippen LogP contribution in [-0.2, 0) is 19.4 Å². The van der Waals surface area contributed by atoms with Crippen LogP contribution in [0.15, 0.2) is 23.9 Å². The minimum atomic E-state index is -3.96. The summed E-state index contributed by atoms with van der Waals surface area (Å²) in [6, 6.07) is 1.59. The molecule has 30 heavy (non-hydrogen) atoms. The summed E-state index contributed by atoms with van der Waals surface area (Å²) in [4.78, 5) is 41.7. The Bertz CT molecular complexity index is 1070. The number of pyridine rings is 1. The molecule has 10 nitrogen and oxygen atoms in total. The minimum absolute atomic E-state index is 0.0352. The number of aliphatic carboxylic acids is 1. The maximum atomic E-state index is 12.9. The molecule has 3 fully saturated rings. The summed E-state index contributed by atoms with van der Waals surface area (Å²) in [5.41, 5.74) is 0.546. The molecule has 4 heterocycles. The molecule has 0 saturated carbocycles. The van der Waals surface area contributed by atoms with Gasteiger partial charge in [-0.05, 0) is 45.0 Å². The topological polar surface area (TPSA) is 146 Å². The SMILES string of the molecule is CC1(C)[C@H](C(=O)O)N2C(=O)/C(=C/c3cc(C(=O)NC4CCNC4)ccn3)C2S1(=O)=O. The highest BCUT2D eigenvalue weighted by molar-refractivity contribution is 7.94. The molecule has 4 rings (SSSR count). The minimum Gasteiger partial charge on any atom is -0.480 e. The molecule has 3 aliphatic rings. The average molecular weight is 434 g/mol. The predicted molar refractivity (Wildman–Crippen MR) is 106 cm³/mol. The molecule has 2 unspecified atom stereocenters. The first kappa shape index (κ1) is 20.5. The second kappa shape index (κ2) is 6.88. The largest absolute Gasteiger partial charge is 0.480 e. The van der Waals surface area contributed by atoms with E-state index in [-0.39, 0.29) is 23.2 Å². The molecule has 3 N–H and O–H groups in total. The Balaban J connectivity index is 1.63. The highest BCUT2D eigenvalue weighted by atomic mass is 32.2. The van der Waals surface area contributed by atoms with Gasteiger partial charge in [-0.3, -0.25) is 14.6 Å². The quantitative estimate of drug-likeness (QED) is 0.420. The number of aromatic nitrogens is 1. The van der Waals surface area contributed by atoms with Crippen LogP contribution in [0.3, 0.4) is 0 Å². The van der Waals surface area contributed by atoms with E-state index in [1.165, 1.54) is 38.3 Å². The van der Waals surface area contributed by atoms with Crippen molar-refractivity contribution < 1.29 is 27.9 Å². The van der Waals surface area contributed by atoms with Crippen LogP contribution >= 0.6 is 0 Å². The van der Waals surface area contributed by atoms with Gasteiger partial charge in [0.05, 0.1) is 11.3 Å². The Hall–Kier alpha value is -2.79. The van der Waals surface area contributed by atoms with Gasteiger partial charge in [-0.25, -0.2) is 13.2 Å². The number of carboxylic acids is 1. The molecule has 3 aliphatic heterocycles. The van der Waals surface area contributed by atoms with Crippen LogP contribution in [0.4, 0.5) is 0 Å². The monoisotopic (exact) mass is 434 g/mol. The number of hydrogen-bond donors (Lipinski definition) is 3. The second-order valence-corrected chi connectivity index (χ2v) is 10.8. The van der Waals surface area contributed by atoms with Crippen LogP contribution < -0.4 is 10.6 Å². The van der Waals surface area contributed by atoms with Crippen LogP contribution in [0.5, 0.6) is 0 Å². The van der Waals surface area contributed by atoms with Gasteiger partial charge in [0.15, 0.2) is 21.3 Å². The number of β-lactam (4-membered cyclic amide) rings is 1. The van der Waals surface area contributed by atoms with Crippen molar-refractivity contribution in [3.8, 4) is 0 Å². The molecule has 0 radical (unpaired) electrons. The molecule has 3 saturated heterocycles. The number of rotatable bonds is 4. The van der Waals surface area contributed by atoms with Crippen LogP contribution in [0.2, 0.25) is 0 Å². The Morgan fingerprint density at radius 3 is 2.77 bits per heavy atom. The Morgan fingerprint density at radius 2 is 2.13 bits per heavy atom. The fourth-order valence-electron chi connectivity index (χ4n) is 4.22. The highest BCUT2D eigenvalue weighted by Gasteiger charge is 2.70. The lowest BCUT2D eigenvalue weighted by molar-refractivity contribution is -0.152. The predicted octanol–water partition coefficient (Wildman–Crippen LogP) is -0.615. The van der Waals surface area contributed by atoms with Crippen LogP contribution in [0.1, 0.15) is 36.3 Å². The van der Waals surface area contributed by atoms with Crippen molar-refractivity contribution in [1.82, 2.24) is 20.5 Å². The molecule has 11 heteroatoms. The molecule has 1 aromatic heterocycles. The second-order valence-electron chi connectivity index (χ2n) is 8.19. The van der Waals surface area contributed by atoms with Gasteiger partial charge in [-0.2, -0.15) is 0 Å². The van der Waals surface area contributed by atoms with Crippen molar-refractivity contribution in [3.05, 3.63) is 35.2 Å². The molecule has 1 aromatic rings. The van der Waals surface area contributed by atoms with Gasteiger partial charge in [-0.1, -0.05) is 0 Å². The smallest absolute Gasteiger partial charge is 0.328 e. The summed E-state index contributed by atoms with van der Waals surface area (Å²) in [5, 5.41) is 14.2. The van der Waals surface area contributed by atoms with E-state index in [1.807, 2.05) is 0 Å². The van der Waals surface area contributed by atoms with E-state index in [0.717, 1.165) is 17.9 Å². The van der Waals surface area contributed by atoms with Gasteiger partial charge in [0, 0.05) is 24.3 Å². The highest BCUT2D eigenvalue weighted by Crippen LogP contribution is 2.48. The number of hydrogen-bond acceptors (Lipinski definition) is 7. The van der Waals surface area contributed by atoms with Gasteiger partial charge >= 0.3 is 5.97 Å². The number of nitrogens with zero attached hydrogens (tertiary/aromatic N) is 2. The van der Waals surface area contributed by atoms with Gasteiger partial charge < -0.3 is 20.6 Å². The maximum Gasteiger partial charge on any atom is 0.328 e. The zero-order valence-electron chi connectivity index (χ0n) is 16.5. The first-order valence-corrected chi connectivity index (χ1v) is 11.1. The summed E-state index contributed by atoms with van der Waals surface area (Å²) >= 11 is 0. The summed E-state index contributed by atoms with van der Waals surface area (Å²) < 4.78 is 24.2. The van der Waals surface area contributed by atoms with Crippen molar-refractivity contribution in [2.45, 2.75) is 42.5 Å². The molecular formula is C19H22N4O6S. The van der Waals surface area contributed by atoms with E-state index in [4.69, 9.17) is 0 Å². The number of sulfone groups is 1. The molecule has 0 spiro atoms. The lowest BCUT2D eigenvalue weighted by Gasteiger charge is -2.37. The fraction of sp³-hybridized carbons (Fsp3) is 0.474. The van der Waals surface area contributed by atoms with E-state index >= 15 is 0 Å². The number of carbonyl (C=O) groups is 3. The number of amides is 2. The molecule has 0 bridgehead atoms. The lowest BCUT2D eigenvalue weighted by Crippen LogP contribution is -2.58. The van der Waals surface area contributed by atoms with E-state index in [1.54, 1.807) is 0 Å². The van der Waals surface area contributed by atoms with Crippen LogP contribution in [0, 0.1) is 0 Å². The van der Waals surface area contributed by atoms with Gasteiger partial charge in [0.1, 0.15) is 4.75 Å². The van der Waals surface area contributed by atoms with E-state index in [2.05, 4.69) is 15.6 Å². The first-order valence-electron chi connectivity index (χ1n) is 9.54. The van der Waals surface area contributed by atoms with E-state index in [9.17, 15) is 27.9 Å². The third kappa shape index (κ3) is 2.91. The Morgan fingerprint density at radius 1 is 1.40 bits per heavy atom. The van der Waals surface area contributed by atoms with Crippen molar-refractivity contribution in [1.29, 1.82) is 0 Å². The fourth-order valence-corrected chi connectivity index (χ4v) is 6.34. The standard InChI is InChI=1S/C19H22N4O6S/c1-19(2)14(18(26)27)23-16(25)13(17(23)30(19,28)29)8-12-7-10(3-6-21-12)15(24)22-11-4-5-20-9-11/h3,6-8,11,14,17,20H,4-5,9H2,1-2H3,(H,22,24)(H,26,27)/b13-8-/t11?,14-,17?/m0/s1. The van der Waals surface area contributed by atoms with E-state index in [0.29, 0.717) is 12.1 Å². The van der Waals surface area contributed by atoms with Crippen molar-refractivity contribution in [2.75, 3.05) is 13.1 Å². The number of nitrogens with one attached hydrogen (secondary N) is 2. The summed E-state index contributed by atoms with van der Waals surface area (Å²) in [5.74, 6) is -2.31. The average Bonchev–Trinajstić information content (AvgIpc) is 3.23. The molecule has 0 aromatic carbocycles. The maximum absolute atomic E-state index is 12.9. The van der Waals surface area contributed by atoms with Crippen molar-refractivity contribution >= 4 is 33.7 Å². The van der Waals surface area contributed by atoms with Crippen molar-refractivity contribution in [3.63, 3.8) is 0 Å². The summed E-state index contributed by atoms with van der Waals surface area (Å²) in [6.07, 6.45) is 3.55. The van der Waals surface area contributed by atoms with Gasteiger partial charge in [0.25, 0.3) is 11.8 Å². The Labute approximate surface area is 173 Å². The molecule has 2 amide bonds. The van der Waals surface area contributed by atoms with Crippen molar-refractivity contribution in [2.24, 2.45) is 0 Å². The Kier molecular flexibility index (Phi) is 4.70. The third-order valence-corrected chi connectivity index (χ3v) is 8.70. The molecule has 0 aliphatic carbocycles. The third-order valence-electron chi connectivity index (χ3n) is 5.94. The summed E-state index contributed by atoms with van der Waals surface area (Å²) in [7, 11) is -3.96. The van der Waals surface area contributed by atoms with E-state index < -0.39 is 37.9 Å². The zero-order chi connectivity index (χ0) is 21.8. The normalized spacial score (nSPS) is 30.1. The first-order chi connectivity index (χ1) is 14.1. The lowest BCUT2D eigenvalue weighted by atomic mass is 9.95. The molecule has 3 atom stereocenters. The molecular weight excluding hydrogens is 412 g/mol. The van der Waals surface area contributed by atoms with Gasteiger partial charge in [0.2, 0.25) is 0 Å². The van der Waals surface area contributed by atoms with Gasteiger partial charge in [-0.15, -0.1) is 0 Å². The summed E-state index contributed by atoms with van der Waals surface area (Å²) in [6.45, 7) is 4.15.